The lowest BCUT2D eigenvalue weighted by atomic mass is 10.1. The van der Waals surface area contributed by atoms with Crippen LogP contribution in [0.3, 0.4) is 0 Å². The Kier molecular flexibility index (Phi) is 3.97. The fourth-order valence-electron chi connectivity index (χ4n) is 2.51. The van der Waals surface area contributed by atoms with Gasteiger partial charge in [-0.3, -0.25) is 0 Å². The van der Waals surface area contributed by atoms with Crippen LogP contribution in [0, 0.1) is 5.82 Å². The van der Waals surface area contributed by atoms with Gasteiger partial charge in [-0.1, -0.05) is 18.2 Å². The number of nitrogens with zero attached hydrogens (tertiary/aromatic N) is 2. The van der Waals surface area contributed by atoms with Crippen LogP contribution >= 0.6 is 0 Å². The summed E-state index contributed by atoms with van der Waals surface area (Å²) in [7, 11) is 0. The Bertz CT molecular complexity index is 836. The molecule has 1 aromatic heterocycles. The SMILES string of the molecule is CC(Cc1ccc(F)cc1)Oc1cccc2nc(N)nc(N)c12. The molecular formula is C17H17FN4O. The molecule has 5 nitrogen and oxygen atoms in total. The van der Waals surface area contributed by atoms with Crippen molar-refractivity contribution in [2.45, 2.75) is 19.4 Å². The second-order valence-electron chi connectivity index (χ2n) is 5.38. The quantitative estimate of drug-likeness (QED) is 0.773. The van der Waals surface area contributed by atoms with Crippen LogP contribution in [0.5, 0.6) is 5.75 Å². The molecule has 0 saturated heterocycles. The smallest absolute Gasteiger partial charge is 0.222 e. The molecule has 4 N–H and O–H groups in total. The minimum atomic E-state index is -0.251. The van der Waals surface area contributed by atoms with Crippen LogP contribution in [0.4, 0.5) is 16.2 Å². The van der Waals surface area contributed by atoms with Crippen molar-refractivity contribution in [2.75, 3.05) is 11.5 Å². The topological polar surface area (TPSA) is 87.0 Å². The van der Waals surface area contributed by atoms with E-state index in [1.165, 1.54) is 12.1 Å². The molecule has 1 atom stereocenters. The van der Waals surface area contributed by atoms with E-state index in [1.807, 2.05) is 19.1 Å². The molecule has 118 valence electrons. The summed E-state index contributed by atoms with van der Waals surface area (Å²) in [6.07, 6.45) is 0.523. The minimum Gasteiger partial charge on any atom is -0.490 e. The third-order valence-electron chi connectivity index (χ3n) is 3.49. The van der Waals surface area contributed by atoms with E-state index in [0.717, 1.165) is 5.56 Å². The summed E-state index contributed by atoms with van der Waals surface area (Å²) in [6.45, 7) is 1.94. The first-order valence-corrected chi connectivity index (χ1v) is 7.26. The summed E-state index contributed by atoms with van der Waals surface area (Å²) >= 11 is 0. The number of nitrogen functional groups attached to an aromatic ring is 2. The second kappa shape index (κ2) is 6.08. The molecule has 0 amide bonds. The van der Waals surface area contributed by atoms with Gasteiger partial charge >= 0.3 is 0 Å². The van der Waals surface area contributed by atoms with Crippen LogP contribution < -0.4 is 16.2 Å². The Morgan fingerprint density at radius 2 is 1.83 bits per heavy atom. The molecule has 0 spiro atoms. The number of benzene rings is 2. The second-order valence-corrected chi connectivity index (χ2v) is 5.38. The van der Waals surface area contributed by atoms with Crippen molar-refractivity contribution in [3.8, 4) is 5.75 Å². The van der Waals surface area contributed by atoms with Crippen molar-refractivity contribution in [1.29, 1.82) is 0 Å². The maximum Gasteiger partial charge on any atom is 0.222 e. The van der Waals surface area contributed by atoms with E-state index in [9.17, 15) is 4.39 Å². The lowest BCUT2D eigenvalue weighted by Gasteiger charge is -2.17. The highest BCUT2D eigenvalue weighted by molar-refractivity contribution is 5.94. The van der Waals surface area contributed by atoms with Crippen molar-refractivity contribution in [1.82, 2.24) is 9.97 Å². The zero-order valence-corrected chi connectivity index (χ0v) is 12.7. The number of aromatic nitrogens is 2. The molecule has 0 fully saturated rings. The average Bonchev–Trinajstić information content (AvgIpc) is 2.49. The van der Waals surface area contributed by atoms with Gasteiger partial charge in [-0.15, -0.1) is 0 Å². The summed E-state index contributed by atoms with van der Waals surface area (Å²) < 4.78 is 18.9. The Morgan fingerprint density at radius 1 is 1.09 bits per heavy atom. The first kappa shape index (κ1) is 15.0. The van der Waals surface area contributed by atoms with Gasteiger partial charge in [0.25, 0.3) is 0 Å². The van der Waals surface area contributed by atoms with Gasteiger partial charge in [-0.05, 0) is 36.8 Å². The Hall–Kier alpha value is -2.89. The lowest BCUT2D eigenvalue weighted by Crippen LogP contribution is -2.15. The highest BCUT2D eigenvalue weighted by atomic mass is 19.1. The number of rotatable bonds is 4. The monoisotopic (exact) mass is 312 g/mol. The van der Waals surface area contributed by atoms with Crippen molar-refractivity contribution in [3.63, 3.8) is 0 Å². The van der Waals surface area contributed by atoms with Crippen LogP contribution in [0.1, 0.15) is 12.5 Å². The summed E-state index contributed by atoms with van der Waals surface area (Å²) in [6, 6.07) is 11.8. The van der Waals surface area contributed by atoms with Gasteiger partial charge in [0.1, 0.15) is 17.4 Å². The fraction of sp³-hybridized carbons (Fsp3) is 0.176. The number of fused-ring (bicyclic) bond motifs is 1. The average molecular weight is 312 g/mol. The fourth-order valence-corrected chi connectivity index (χ4v) is 2.51. The molecular weight excluding hydrogens is 295 g/mol. The molecule has 1 heterocycles. The molecule has 1 unspecified atom stereocenters. The lowest BCUT2D eigenvalue weighted by molar-refractivity contribution is 0.225. The van der Waals surface area contributed by atoms with Crippen LogP contribution in [0.25, 0.3) is 10.9 Å². The van der Waals surface area contributed by atoms with Gasteiger partial charge < -0.3 is 16.2 Å². The molecule has 3 aromatic rings. The minimum absolute atomic E-state index is 0.122. The number of ether oxygens (including phenoxy) is 1. The van der Waals surface area contributed by atoms with Crippen LogP contribution in [-0.4, -0.2) is 16.1 Å². The molecule has 0 aliphatic carbocycles. The maximum absolute atomic E-state index is 13.0. The summed E-state index contributed by atoms with van der Waals surface area (Å²) in [5, 5.41) is 0.646. The largest absolute Gasteiger partial charge is 0.490 e. The first-order chi connectivity index (χ1) is 11.0. The van der Waals surface area contributed by atoms with Gasteiger partial charge in [0.15, 0.2) is 0 Å². The number of hydrogen-bond acceptors (Lipinski definition) is 5. The molecule has 23 heavy (non-hydrogen) atoms. The van der Waals surface area contributed by atoms with Gasteiger partial charge in [0.05, 0.1) is 17.0 Å². The third kappa shape index (κ3) is 3.31. The van der Waals surface area contributed by atoms with Crippen LogP contribution in [0.15, 0.2) is 42.5 Å². The van der Waals surface area contributed by atoms with E-state index >= 15 is 0 Å². The maximum atomic E-state index is 13.0. The molecule has 6 heteroatoms. The zero-order chi connectivity index (χ0) is 16.4. The zero-order valence-electron chi connectivity index (χ0n) is 12.7. The van der Waals surface area contributed by atoms with Gasteiger partial charge in [-0.25, -0.2) is 9.37 Å². The van der Waals surface area contributed by atoms with E-state index in [1.54, 1.807) is 18.2 Å². The summed E-state index contributed by atoms with van der Waals surface area (Å²) in [5.74, 6) is 0.775. The Morgan fingerprint density at radius 3 is 2.57 bits per heavy atom. The van der Waals surface area contributed by atoms with E-state index in [2.05, 4.69) is 9.97 Å². The molecule has 3 rings (SSSR count). The van der Waals surface area contributed by atoms with Crippen LogP contribution in [0.2, 0.25) is 0 Å². The van der Waals surface area contributed by atoms with E-state index < -0.39 is 0 Å². The molecule has 0 aliphatic rings. The Labute approximate surface area is 133 Å². The number of hydrogen-bond donors (Lipinski definition) is 2. The first-order valence-electron chi connectivity index (χ1n) is 7.26. The van der Waals surface area contributed by atoms with Gasteiger partial charge in [0.2, 0.25) is 5.95 Å². The molecule has 0 saturated carbocycles. The molecule has 0 aliphatic heterocycles. The van der Waals surface area contributed by atoms with Crippen molar-refractivity contribution in [2.24, 2.45) is 0 Å². The van der Waals surface area contributed by atoms with Crippen LogP contribution in [-0.2, 0) is 6.42 Å². The summed E-state index contributed by atoms with van der Waals surface area (Å²) in [4.78, 5) is 8.15. The normalized spacial score (nSPS) is 12.3. The number of halogens is 1. The van der Waals surface area contributed by atoms with Crippen molar-refractivity contribution < 1.29 is 9.13 Å². The van der Waals surface area contributed by atoms with E-state index in [-0.39, 0.29) is 23.7 Å². The number of anilines is 2. The Balaban J connectivity index is 1.85. The highest BCUT2D eigenvalue weighted by Gasteiger charge is 2.12. The third-order valence-corrected chi connectivity index (χ3v) is 3.49. The predicted octanol–water partition coefficient (Wildman–Crippen LogP) is 2.94. The molecule has 0 radical (unpaired) electrons. The molecule has 0 bridgehead atoms. The van der Waals surface area contributed by atoms with Crippen molar-refractivity contribution in [3.05, 3.63) is 53.8 Å². The highest BCUT2D eigenvalue weighted by Crippen LogP contribution is 2.30. The van der Waals surface area contributed by atoms with Gasteiger partial charge in [0, 0.05) is 6.42 Å². The predicted molar refractivity (Wildman–Crippen MR) is 88.6 cm³/mol. The number of nitrogens with two attached hydrogens (primary N) is 2. The van der Waals surface area contributed by atoms with E-state index in [0.29, 0.717) is 23.1 Å². The molecule has 2 aromatic carbocycles. The van der Waals surface area contributed by atoms with Crippen molar-refractivity contribution >= 4 is 22.7 Å². The van der Waals surface area contributed by atoms with E-state index in [4.69, 9.17) is 16.2 Å². The van der Waals surface area contributed by atoms with Gasteiger partial charge in [-0.2, -0.15) is 4.98 Å². The standard InChI is InChI=1S/C17H17FN4O/c1-10(9-11-5-7-12(18)8-6-11)23-14-4-2-3-13-15(14)16(19)22-17(20)21-13/h2-8,10H,9H2,1H3,(H4,19,20,21,22). The summed E-state index contributed by atoms with van der Waals surface area (Å²) in [5.41, 5.74) is 13.2.